The molecule has 3 aromatic rings. The van der Waals surface area contributed by atoms with E-state index in [0.29, 0.717) is 11.0 Å². The summed E-state index contributed by atoms with van der Waals surface area (Å²) in [5.41, 5.74) is 1.53. The van der Waals surface area contributed by atoms with E-state index in [1.807, 2.05) is 0 Å². The average molecular weight is 533 g/mol. The van der Waals surface area contributed by atoms with E-state index in [0.717, 1.165) is 7.14 Å². The molecular formula is C12H4Cl2I2N2O2. The van der Waals surface area contributed by atoms with Crippen molar-refractivity contribution in [2.24, 2.45) is 0 Å². The Morgan fingerprint density at radius 2 is 1.10 bits per heavy atom. The number of halogens is 4. The second-order valence-corrected chi connectivity index (χ2v) is 7.13. The minimum absolute atomic E-state index is 0.161. The molecule has 102 valence electrons. The minimum Gasteiger partial charge on any atom is -0.504 e. The molecule has 1 heterocycles. The number of aromatic nitrogens is 2. The Labute approximate surface area is 150 Å². The van der Waals surface area contributed by atoms with E-state index >= 15 is 0 Å². The van der Waals surface area contributed by atoms with E-state index in [4.69, 9.17) is 23.2 Å². The zero-order chi connectivity index (χ0) is 14.6. The van der Waals surface area contributed by atoms with Crippen molar-refractivity contribution in [2.45, 2.75) is 0 Å². The summed E-state index contributed by atoms with van der Waals surface area (Å²) in [4.78, 5) is 8.74. The molecule has 0 aliphatic heterocycles. The third kappa shape index (κ3) is 2.16. The summed E-state index contributed by atoms with van der Waals surface area (Å²) in [7, 11) is 0. The predicted molar refractivity (Wildman–Crippen MR) is 95.8 cm³/mol. The quantitative estimate of drug-likeness (QED) is 0.325. The molecule has 0 saturated carbocycles. The van der Waals surface area contributed by atoms with Gasteiger partial charge in [-0.25, -0.2) is 9.97 Å². The smallest absolute Gasteiger partial charge is 0.162 e. The predicted octanol–water partition coefficient (Wildman–Crippen LogP) is 4.71. The van der Waals surface area contributed by atoms with E-state index < -0.39 is 0 Å². The van der Waals surface area contributed by atoms with Gasteiger partial charge in [0.15, 0.2) is 11.5 Å². The molecule has 0 radical (unpaired) electrons. The van der Waals surface area contributed by atoms with Gasteiger partial charge in [0.05, 0.1) is 10.0 Å². The highest BCUT2D eigenvalue weighted by Gasteiger charge is 2.17. The van der Waals surface area contributed by atoms with Crippen LogP contribution in [0.4, 0.5) is 0 Å². The number of phenols is 2. The van der Waals surface area contributed by atoms with Gasteiger partial charge in [-0.2, -0.15) is 0 Å². The third-order valence-electron chi connectivity index (χ3n) is 2.76. The molecule has 2 aromatic carbocycles. The van der Waals surface area contributed by atoms with Crippen LogP contribution in [-0.4, -0.2) is 20.2 Å². The Kier molecular flexibility index (Phi) is 3.76. The van der Waals surface area contributed by atoms with Crippen LogP contribution in [0.3, 0.4) is 0 Å². The number of nitrogens with zero attached hydrogens (tertiary/aromatic N) is 2. The topological polar surface area (TPSA) is 66.2 Å². The molecule has 0 unspecified atom stereocenters. The van der Waals surface area contributed by atoms with Gasteiger partial charge in [0.25, 0.3) is 0 Å². The van der Waals surface area contributed by atoms with E-state index in [-0.39, 0.29) is 32.6 Å². The molecule has 4 nitrogen and oxygen atoms in total. The first-order valence-corrected chi connectivity index (χ1v) is 8.17. The molecule has 0 saturated heterocycles. The van der Waals surface area contributed by atoms with Gasteiger partial charge in [0.2, 0.25) is 0 Å². The lowest BCUT2D eigenvalue weighted by Crippen LogP contribution is -1.94. The van der Waals surface area contributed by atoms with Crippen LogP contribution in [0.2, 0.25) is 10.0 Å². The molecule has 1 aromatic heterocycles. The Morgan fingerprint density at radius 3 is 1.50 bits per heavy atom. The van der Waals surface area contributed by atoms with Crippen molar-refractivity contribution in [3.8, 4) is 11.5 Å². The number of benzene rings is 2. The van der Waals surface area contributed by atoms with Gasteiger partial charge in [0.1, 0.15) is 22.1 Å². The summed E-state index contributed by atoms with van der Waals surface area (Å²) in [5, 5.41) is 20.4. The fraction of sp³-hybridized carbons (Fsp3) is 0. The van der Waals surface area contributed by atoms with Gasteiger partial charge in [-0.05, 0) is 57.3 Å². The van der Waals surface area contributed by atoms with Crippen molar-refractivity contribution >= 4 is 90.5 Å². The van der Waals surface area contributed by atoms with Crippen molar-refractivity contribution in [1.82, 2.24) is 9.97 Å². The number of aromatic hydroxyl groups is 2. The van der Waals surface area contributed by atoms with Crippen molar-refractivity contribution in [3.05, 3.63) is 29.3 Å². The Bertz CT molecular complexity index is 818. The lowest BCUT2D eigenvalue weighted by atomic mass is 10.2. The average Bonchev–Trinajstić information content (AvgIpc) is 2.41. The van der Waals surface area contributed by atoms with Crippen LogP contribution in [0.15, 0.2) is 12.1 Å². The van der Waals surface area contributed by atoms with Crippen LogP contribution in [0.1, 0.15) is 0 Å². The largest absolute Gasteiger partial charge is 0.504 e. The van der Waals surface area contributed by atoms with Crippen molar-refractivity contribution in [3.63, 3.8) is 0 Å². The third-order valence-corrected chi connectivity index (χ3v) is 4.98. The molecule has 3 rings (SSSR count). The normalized spacial score (nSPS) is 11.4. The maximum absolute atomic E-state index is 10.0. The lowest BCUT2D eigenvalue weighted by Gasteiger charge is -2.09. The lowest BCUT2D eigenvalue weighted by molar-refractivity contribution is 0.478. The Balaban J connectivity index is 2.60. The molecule has 0 fully saturated rings. The first-order chi connectivity index (χ1) is 9.40. The molecule has 0 aliphatic rings. The second kappa shape index (κ2) is 5.15. The van der Waals surface area contributed by atoms with Crippen LogP contribution in [0.5, 0.6) is 11.5 Å². The summed E-state index contributed by atoms with van der Waals surface area (Å²) in [6, 6.07) is 3.23. The van der Waals surface area contributed by atoms with Gasteiger partial charge in [-0.1, -0.05) is 23.2 Å². The Hall–Kier alpha value is -0.320. The molecular weight excluding hydrogens is 529 g/mol. The monoisotopic (exact) mass is 532 g/mol. The van der Waals surface area contributed by atoms with Crippen molar-refractivity contribution in [2.75, 3.05) is 0 Å². The fourth-order valence-corrected chi connectivity index (χ4v) is 3.96. The molecule has 2 N–H and O–H groups in total. The summed E-state index contributed by atoms with van der Waals surface area (Å²) in [6.45, 7) is 0. The van der Waals surface area contributed by atoms with Crippen molar-refractivity contribution < 1.29 is 10.2 Å². The number of hydrogen-bond donors (Lipinski definition) is 2. The summed E-state index contributed by atoms with van der Waals surface area (Å²) >= 11 is 16.0. The highest BCUT2D eigenvalue weighted by molar-refractivity contribution is 14.1. The maximum Gasteiger partial charge on any atom is 0.162 e. The molecule has 0 amide bonds. The van der Waals surface area contributed by atoms with Gasteiger partial charge < -0.3 is 10.2 Å². The SMILES string of the molecule is Oc1c(Cl)cc(I)c2nc3c(I)cc(Cl)c(O)c3nc12. The number of hydrogen-bond acceptors (Lipinski definition) is 4. The number of phenolic OH excluding ortho intramolecular Hbond substituents is 2. The van der Waals surface area contributed by atoms with Gasteiger partial charge in [-0.15, -0.1) is 0 Å². The fourth-order valence-electron chi connectivity index (χ4n) is 1.82. The van der Waals surface area contributed by atoms with Crippen LogP contribution >= 0.6 is 68.4 Å². The van der Waals surface area contributed by atoms with Gasteiger partial charge in [0, 0.05) is 7.14 Å². The summed E-state index contributed by atoms with van der Waals surface area (Å²) in [5.74, 6) is -0.322. The zero-order valence-corrected chi connectivity index (χ0v) is 15.3. The summed E-state index contributed by atoms with van der Waals surface area (Å²) in [6.07, 6.45) is 0. The van der Waals surface area contributed by atoms with E-state index in [9.17, 15) is 10.2 Å². The van der Waals surface area contributed by atoms with Crippen LogP contribution in [0, 0.1) is 7.14 Å². The number of fused-ring (bicyclic) bond motifs is 2. The standard InChI is InChI=1S/C12H4Cl2I2N2O2/c13-3-1-5(15)7-9(11(3)19)18-10-8(17-7)6(16)2-4(14)12(10)20/h1-2,19-20H. The minimum atomic E-state index is -0.161. The highest BCUT2D eigenvalue weighted by Crippen LogP contribution is 2.39. The number of rotatable bonds is 0. The van der Waals surface area contributed by atoms with Crippen LogP contribution in [0.25, 0.3) is 22.1 Å². The molecule has 8 heteroatoms. The molecule has 0 spiro atoms. The first-order valence-electron chi connectivity index (χ1n) is 5.25. The second-order valence-electron chi connectivity index (χ2n) is 4.00. The summed E-state index contributed by atoms with van der Waals surface area (Å²) < 4.78 is 1.53. The van der Waals surface area contributed by atoms with E-state index in [1.54, 1.807) is 12.1 Å². The van der Waals surface area contributed by atoms with Crippen LogP contribution < -0.4 is 0 Å². The molecule has 0 aliphatic carbocycles. The highest BCUT2D eigenvalue weighted by atomic mass is 127. The zero-order valence-electron chi connectivity index (χ0n) is 9.46. The van der Waals surface area contributed by atoms with Crippen molar-refractivity contribution in [1.29, 1.82) is 0 Å². The van der Waals surface area contributed by atoms with E-state index in [2.05, 4.69) is 55.1 Å². The van der Waals surface area contributed by atoms with E-state index in [1.165, 1.54) is 0 Å². The molecule has 0 bridgehead atoms. The van der Waals surface area contributed by atoms with Gasteiger partial charge in [-0.3, -0.25) is 0 Å². The van der Waals surface area contributed by atoms with Gasteiger partial charge >= 0.3 is 0 Å². The maximum atomic E-state index is 10.0. The Morgan fingerprint density at radius 1 is 0.750 bits per heavy atom. The molecule has 20 heavy (non-hydrogen) atoms. The first kappa shape index (κ1) is 14.6. The van der Waals surface area contributed by atoms with Crippen LogP contribution in [-0.2, 0) is 0 Å². The molecule has 0 atom stereocenters.